The van der Waals surface area contributed by atoms with Crippen molar-refractivity contribution in [2.45, 2.75) is 44.6 Å². The van der Waals surface area contributed by atoms with Crippen LogP contribution in [0.1, 0.15) is 38.5 Å². The van der Waals surface area contributed by atoms with Gasteiger partial charge in [0.15, 0.2) is 0 Å². The molecule has 0 aromatic heterocycles. The highest BCUT2D eigenvalue weighted by molar-refractivity contribution is 5.82. The van der Waals surface area contributed by atoms with Crippen molar-refractivity contribution in [3.8, 4) is 0 Å². The third kappa shape index (κ3) is 3.19. The first-order valence-corrected chi connectivity index (χ1v) is 6.95. The third-order valence-electron chi connectivity index (χ3n) is 4.07. The molecule has 2 N–H and O–H groups in total. The van der Waals surface area contributed by atoms with E-state index in [4.69, 9.17) is 5.11 Å². The van der Waals surface area contributed by atoms with Crippen molar-refractivity contribution in [3.63, 3.8) is 0 Å². The van der Waals surface area contributed by atoms with Crippen LogP contribution in [0.15, 0.2) is 0 Å². The van der Waals surface area contributed by atoms with Crippen LogP contribution in [0.4, 0.5) is 0 Å². The molecule has 2 heterocycles. The van der Waals surface area contributed by atoms with Crippen LogP contribution in [0.2, 0.25) is 0 Å². The lowest BCUT2D eigenvalue weighted by atomic mass is 9.91. The summed E-state index contributed by atoms with van der Waals surface area (Å²) in [5.41, 5.74) is 0. The molecule has 17 heavy (non-hydrogen) atoms. The number of aliphatic hydroxyl groups excluding tert-OH is 1. The van der Waals surface area contributed by atoms with Crippen LogP contribution in [0.5, 0.6) is 0 Å². The number of fused-ring (bicyclic) bond motifs is 1. The maximum absolute atomic E-state index is 11.6. The summed E-state index contributed by atoms with van der Waals surface area (Å²) in [4.78, 5) is 14.1. The minimum absolute atomic E-state index is 0.251. The molecule has 2 rings (SSSR count). The van der Waals surface area contributed by atoms with Gasteiger partial charge in [-0.15, -0.1) is 0 Å². The molecule has 0 aliphatic carbocycles. The van der Waals surface area contributed by atoms with Crippen LogP contribution < -0.4 is 5.32 Å². The van der Waals surface area contributed by atoms with Gasteiger partial charge >= 0.3 is 0 Å². The first-order chi connectivity index (χ1) is 8.33. The average molecular weight is 240 g/mol. The summed E-state index contributed by atoms with van der Waals surface area (Å²) in [5, 5.41) is 11.7. The molecule has 2 saturated heterocycles. The first-order valence-electron chi connectivity index (χ1n) is 6.95. The lowest BCUT2D eigenvalue weighted by molar-refractivity contribution is -0.124. The summed E-state index contributed by atoms with van der Waals surface area (Å²) in [5.74, 6) is 0.515. The second kappa shape index (κ2) is 6.36. The quantitative estimate of drug-likeness (QED) is 0.674. The van der Waals surface area contributed by atoms with Gasteiger partial charge in [-0.05, 0) is 38.8 Å². The molecule has 1 amide bonds. The molecule has 0 spiro atoms. The molecular formula is C13H24N2O2. The lowest BCUT2D eigenvalue weighted by Gasteiger charge is -2.35. The van der Waals surface area contributed by atoms with Crippen molar-refractivity contribution in [2.24, 2.45) is 5.92 Å². The zero-order chi connectivity index (χ0) is 12.1. The van der Waals surface area contributed by atoms with Crippen molar-refractivity contribution in [2.75, 3.05) is 26.2 Å². The minimum Gasteiger partial charge on any atom is -0.396 e. The van der Waals surface area contributed by atoms with E-state index in [1.807, 2.05) is 0 Å². The fourth-order valence-electron chi connectivity index (χ4n) is 3.10. The molecule has 2 aliphatic heterocycles. The van der Waals surface area contributed by atoms with Crippen LogP contribution in [0.25, 0.3) is 0 Å². The molecule has 4 heteroatoms. The number of carbonyl (C=O) groups excluding carboxylic acids is 1. The number of nitrogens with zero attached hydrogens (tertiary/aromatic N) is 1. The normalized spacial score (nSPS) is 29.1. The Labute approximate surface area is 103 Å². The lowest BCUT2D eigenvalue weighted by Crippen LogP contribution is -2.45. The summed E-state index contributed by atoms with van der Waals surface area (Å²) in [7, 11) is 0. The Kier molecular flexibility index (Phi) is 4.80. The predicted octanol–water partition coefficient (Wildman–Crippen LogP) is 0.749. The van der Waals surface area contributed by atoms with E-state index in [2.05, 4.69) is 10.2 Å². The van der Waals surface area contributed by atoms with E-state index in [1.54, 1.807) is 0 Å². The molecule has 0 radical (unpaired) electrons. The largest absolute Gasteiger partial charge is 0.396 e. The molecule has 2 fully saturated rings. The van der Waals surface area contributed by atoms with Gasteiger partial charge in [0.1, 0.15) is 0 Å². The highest BCUT2D eigenvalue weighted by Crippen LogP contribution is 2.27. The predicted molar refractivity (Wildman–Crippen MR) is 66.6 cm³/mol. The molecule has 2 atom stereocenters. The summed E-state index contributed by atoms with van der Waals surface area (Å²) in [6.07, 6.45) is 6.65. The summed E-state index contributed by atoms with van der Waals surface area (Å²) in [6.45, 7) is 3.42. The van der Waals surface area contributed by atoms with Crippen LogP contribution in [-0.4, -0.2) is 48.2 Å². The van der Waals surface area contributed by atoms with Gasteiger partial charge in [0.25, 0.3) is 0 Å². The Balaban J connectivity index is 1.71. The van der Waals surface area contributed by atoms with Gasteiger partial charge in [-0.25, -0.2) is 0 Å². The van der Waals surface area contributed by atoms with Gasteiger partial charge in [-0.2, -0.15) is 0 Å². The van der Waals surface area contributed by atoms with Crippen LogP contribution in [-0.2, 0) is 4.79 Å². The van der Waals surface area contributed by atoms with Crippen LogP contribution in [0.3, 0.4) is 0 Å². The zero-order valence-corrected chi connectivity index (χ0v) is 10.5. The van der Waals surface area contributed by atoms with Gasteiger partial charge in [-0.1, -0.05) is 12.8 Å². The number of rotatable bonds is 6. The van der Waals surface area contributed by atoms with Crippen molar-refractivity contribution in [1.29, 1.82) is 0 Å². The van der Waals surface area contributed by atoms with E-state index in [0.29, 0.717) is 12.6 Å². The number of hydrogen-bond acceptors (Lipinski definition) is 3. The van der Waals surface area contributed by atoms with Gasteiger partial charge in [0.05, 0.1) is 5.92 Å². The number of hydrogen-bond donors (Lipinski definition) is 2. The minimum atomic E-state index is 0.251. The molecule has 98 valence electrons. The summed E-state index contributed by atoms with van der Waals surface area (Å²) >= 11 is 0. The van der Waals surface area contributed by atoms with E-state index in [0.717, 1.165) is 45.3 Å². The Morgan fingerprint density at radius 2 is 2.12 bits per heavy atom. The van der Waals surface area contributed by atoms with Gasteiger partial charge < -0.3 is 10.4 Å². The second-order valence-corrected chi connectivity index (χ2v) is 5.24. The molecule has 0 aromatic rings. The Hall–Kier alpha value is -0.610. The molecule has 0 aromatic carbocycles. The Bertz CT molecular complexity index is 258. The van der Waals surface area contributed by atoms with E-state index in [9.17, 15) is 4.79 Å². The SMILES string of the molecule is O=C1NCC2C1CCCN2CCCCCCO. The topological polar surface area (TPSA) is 52.6 Å². The number of amides is 1. The number of unbranched alkanes of at least 4 members (excludes halogenated alkanes) is 3. The fraction of sp³-hybridized carbons (Fsp3) is 0.923. The summed E-state index contributed by atoms with van der Waals surface area (Å²) in [6, 6.07) is 0.453. The number of likely N-dealkylation sites (tertiary alicyclic amines) is 1. The molecular weight excluding hydrogens is 216 g/mol. The fourth-order valence-corrected chi connectivity index (χ4v) is 3.10. The number of piperidine rings is 1. The van der Waals surface area contributed by atoms with Gasteiger partial charge in [-0.3, -0.25) is 9.69 Å². The van der Waals surface area contributed by atoms with Crippen LogP contribution >= 0.6 is 0 Å². The van der Waals surface area contributed by atoms with Crippen molar-refractivity contribution in [1.82, 2.24) is 10.2 Å². The maximum Gasteiger partial charge on any atom is 0.224 e. The maximum atomic E-state index is 11.6. The standard InChI is InChI=1S/C13H24N2O2/c16-9-4-2-1-3-7-15-8-5-6-11-12(15)10-14-13(11)17/h11-12,16H,1-10H2,(H,14,17). The van der Waals surface area contributed by atoms with E-state index < -0.39 is 0 Å². The van der Waals surface area contributed by atoms with Crippen molar-refractivity contribution >= 4 is 5.91 Å². The summed E-state index contributed by atoms with van der Waals surface area (Å²) < 4.78 is 0. The van der Waals surface area contributed by atoms with E-state index in [1.165, 1.54) is 12.8 Å². The molecule has 0 bridgehead atoms. The van der Waals surface area contributed by atoms with Crippen molar-refractivity contribution < 1.29 is 9.90 Å². The average Bonchev–Trinajstić information content (AvgIpc) is 2.72. The molecule has 2 unspecified atom stereocenters. The van der Waals surface area contributed by atoms with Gasteiger partial charge in [0, 0.05) is 19.2 Å². The van der Waals surface area contributed by atoms with Crippen LogP contribution in [0, 0.1) is 5.92 Å². The number of carbonyl (C=O) groups is 1. The number of aliphatic hydroxyl groups is 1. The highest BCUT2D eigenvalue weighted by Gasteiger charge is 2.40. The van der Waals surface area contributed by atoms with E-state index in [-0.39, 0.29) is 11.8 Å². The van der Waals surface area contributed by atoms with Crippen molar-refractivity contribution in [3.05, 3.63) is 0 Å². The smallest absolute Gasteiger partial charge is 0.224 e. The molecule has 4 nitrogen and oxygen atoms in total. The zero-order valence-electron chi connectivity index (χ0n) is 10.5. The highest BCUT2D eigenvalue weighted by atomic mass is 16.2. The Morgan fingerprint density at radius 3 is 2.94 bits per heavy atom. The molecule has 0 saturated carbocycles. The third-order valence-corrected chi connectivity index (χ3v) is 4.07. The number of nitrogens with one attached hydrogen (secondary N) is 1. The Morgan fingerprint density at radius 1 is 1.29 bits per heavy atom. The van der Waals surface area contributed by atoms with Gasteiger partial charge in [0.2, 0.25) is 5.91 Å². The second-order valence-electron chi connectivity index (χ2n) is 5.24. The first kappa shape index (κ1) is 12.8. The molecule has 2 aliphatic rings. The van der Waals surface area contributed by atoms with E-state index >= 15 is 0 Å². The monoisotopic (exact) mass is 240 g/mol.